The highest BCUT2D eigenvalue weighted by atomic mass is 16.2. The number of aryl methyl sites for hydroxylation is 2. The normalized spacial score (nSPS) is 20.6. The van der Waals surface area contributed by atoms with Crippen LogP contribution in [0.3, 0.4) is 0 Å². The summed E-state index contributed by atoms with van der Waals surface area (Å²) in [7, 11) is 0. The number of nitrogens with two attached hydrogens (primary N) is 1. The van der Waals surface area contributed by atoms with Crippen LogP contribution in [-0.4, -0.2) is 40.5 Å². The summed E-state index contributed by atoms with van der Waals surface area (Å²) in [5, 5.41) is 2.61. The van der Waals surface area contributed by atoms with Gasteiger partial charge >= 0.3 is 0 Å². The van der Waals surface area contributed by atoms with Crippen LogP contribution >= 0.6 is 0 Å². The van der Waals surface area contributed by atoms with E-state index in [9.17, 15) is 4.79 Å². The maximum atomic E-state index is 12.0. The lowest BCUT2D eigenvalue weighted by atomic mass is 9.88. The maximum Gasteiger partial charge on any atom is 0.254 e. The first-order chi connectivity index (χ1) is 10.0. The number of hydrogen-bond acceptors (Lipinski definition) is 6. The molecular weight excluding hydrogens is 268 g/mol. The molecule has 3 N–H and O–H groups in total. The van der Waals surface area contributed by atoms with Crippen LogP contribution < -0.4 is 16.0 Å². The molecule has 3 rings (SSSR count). The van der Waals surface area contributed by atoms with Crippen molar-refractivity contribution in [2.45, 2.75) is 38.6 Å². The van der Waals surface area contributed by atoms with Gasteiger partial charge in [0.05, 0.1) is 0 Å². The van der Waals surface area contributed by atoms with Gasteiger partial charge in [-0.15, -0.1) is 0 Å². The lowest BCUT2D eigenvalue weighted by Crippen LogP contribution is -2.49. The zero-order chi connectivity index (χ0) is 15.0. The van der Waals surface area contributed by atoms with Crippen molar-refractivity contribution in [3.8, 4) is 0 Å². The summed E-state index contributed by atoms with van der Waals surface area (Å²) in [6.45, 7) is 5.48. The standard InChI is InChI=1S/C14H20N6O/c1-3-10-8-16-9(2)17-11(10)20-6-4-14(5-7-20)12(21)18-13(15)19-14/h8H,3-7H2,1-2H3,(H3,15,18,19,21). The van der Waals surface area contributed by atoms with Gasteiger partial charge < -0.3 is 10.6 Å². The molecule has 2 aliphatic rings. The molecule has 1 amide bonds. The molecular formula is C14H20N6O. The monoisotopic (exact) mass is 288 g/mol. The fourth-order valence-corrected chi connectivity index (χ4v) is 2.98. The molecule has 0 aromatic carbocycles. The smallest absolute Gasteiger partial charge is 0.254 e. The minimum atomic E-state index is -0.672. The summed E-state index contributed by atoms with van der Waals surface area (Å²) in [6, 6.07) is 0. The van der Waals surface area contributed by atoms with E-state index in [0.29, 0.717) is 12.8 Å². The van der Waals surface area contributed by atoms with E-state index in [1.54, 1.807) is 0 Å². The van der Waals surface area contributed by atoms with Crippen LogP contribution in [0.1, 0.15) is 31.2 Å². The van der Waals surface area contributed by atoms with Gasteiger partial charge in [-0.1, -0.05) is 6.92 Å². The van der Waals surface area contributed by atoms with E-state index in [1.807, 2.05) is 13.1 Å². The minimum absolute atomic E-state index is 0.0748. The molecule has 0 aliphatic carbocycles. The average molecular weight is 288 g/mol. The average Bonchev–Trinajstić information content (AvgIpc) is 2.74. The Morgan fingerprint density at radius 3 is 2.71 bits per heavy atom. The van der Waals surface area contributed by atoms with Crippen molar-refractivity contribution in [3.05, 3.63) is 17.6 Å². The summed E-state index contributed by atoms with van der Waals surface area (Å²) in [4.78, 5) is 27.4. The van der Waals surface area contributed by atoms with Gasteiger partial charge in [0.15, 0.2) is 5.96 Å². The minimum Gasteiger partial charge on any atom is -0.370 e. The van der Waals surface area contributed by atoms with E-state index in [4.69, 9.17) is 5.73 Å². The summed E-state index contributed by atoms with van der Waals surface area (Å²) in [5.74, 6) is 1.91. The number of guanidine groups is 1. The zero-order valence-corrected chi connectivity index (χ0v) is 12.4. The number of piperidine rings is 1. The first kappa shape index (κ1) is 13.8. The maximum absolute atomic E-state index is 12.0. The molecule has 0 atom stereocenters. The molecule has 0 saturated carbocycles. The third kappa shape index (κ3) is 2.32. The van der Waals surface area contributed by atoms with Gasteiger partial charge in [0.25, 0.3) is 5.91 Å². The fourth-order valence-electron chi connectivity index (χ4n) is 2.98. The van der Waals surface area contributed by atoms with Crippen LogP contribution in [0, 0.1) is 6.92 Å². The molecule has 0 radical (unpaired) electrons. The number of amides is 1. The van der Waals surface area contributed by atoms with Crippen LogP contribution in [0.4, 0.5) is 5.82 Å². The van der Waals surface area contributed by atoms with Gasteiger partial charge in [0.1, 0.15) is 17.2 Å². The third-order valence-electron chi connectivity index (χ3n) is 4.23. The zero-order valence-electron chi connectivity index (χ0n) is 12.4. The Kier molecular flexibility index (Phi) is 3.27. The Morgan fingerprint density at radius 1 is 1.43 bits per heavy atom. The molecule has 112 valence electrons. The lowest BCUT2D eigenvalue weighted by molar-refractivity contribution is -0.124. The van der Waals surface area contributed by atoms with Crippen molar-refractivity contribution in [2.75, 3.05) is 18.0 Å². The summed E-state index contributed by atoms with van der Waals surface area (Å²) in [5.41, 5.74) is 6.09. The number of aliphatic imine (C=N–C) groups is 1. The van der Waals surface area contributed by atoms with Gasteiger partial charge in [-0.3, -0.25) is 10.1 Å². The number of aromatic nitrogens is 2. The molecule has 1 fully saturated rings. The molecule has 1 saturated heterocycles. The van der Waals surface area contributed by atoms with Crippen molar-refractivity contribution in [1.82, 2.24) is 15.3 Å². The Balaban J connectivity index is 1.80. The molecule has 0 unspecified atom stereocenters. The molecule has 0 bridgehead atoms. The molecule has 21 heavy (non-hydrogen) atoms. The van der Waals surface area contributed by atoms with Crippen molar-refractivity contribution in [3.63, 3.8) is 0 Å². The molecule has 3 heterocycles. The van der Waals surface area contributed by atoms with Crippen LogP contribution in [0.5, 0.6) is 0 Å². The molecule has 7 nitrogen and oxygen atoms in total. The molecule has 1 aromatic rings. The topological polar surface area (TPSA) is 96.5 Å². The van der Waals surface area contributed by atoms with Gasteiger partial charge in [-0.05, 0) is 26.2 Å². The largest absolute Gasteiger partial charge is 0.370 e. The highest BCUT2D eigenvalue weighted by molar-refractivity contribution is 6.06. The molecule has 7 heteroatoms. The second-order valence-corrected chi connectivity index (χ2v) is 5.59. The van der Waals surface area contributed by atoms with Crippen molar-refractivity contribution < 1.29 is 4.79 Å². The van der Waals surface area contributed by atoms with Gasteiger partial charge in [-0.2, -0.15) is 0 Å². The molecule has 1 spiro atoms. The van der Waals surface area contributed by atoms with Gasteiger partial charge in [-0.25, -0.2) is 15.0 Å². The van der Waals surface area contributed by atoms with E-state index in [-0.39, 0.29) is 11.9 Å². The summed E-state index contributed by atoms with van der Waals surface area (Å²) in [6.07, 6.45) is 4.10. The molecule has 2 aliphatic heterocycles. The number of carbonyl (C=O) groups excluding carboxylic acids is 1. The van der Waals surface area contributed by atoms with E-state index in [2.05, 4.69) is 32.1 Å². The number of nitrogens with one attached hydrogen (secondary N) is 1. The van der Waals surface area contributed by atoms with Crippen molar-refractivity contribution in [1.29, 1.82) is 0 Å². The van der Waals surface area contributed by atoms with Crippen molar-refractivity contribution >= 4 is 17.7 Å². The van der Waals surface area contributed by atoms with Crippen LogP contribution in [0.25, 0.3) is 0 Å². The van der Waals surface area contributed by atoms with Crippen LogP contribution in [0.15, 0.2) is 11.2 Å². The first-order valence-electron chi connectivity index (χ1n) is 7.28. The second kappa shape index (κ2) is 4.98. The van der Waals surface area contributed by atoms with Crippen LogP contribution in [-0.2, 0) is 11.2 Å². The number of anilines is 1. The van der Waals surface area contributed by atoms with Gasteiger partial charge in [0, 0.05) is 24.8 Å². The predicted molar refractivity (Wildman–Crippen MR) is 80.1 cm³/mol. The Morgan fingerprint density at radius 2 is 2.14 bits per heavy atom. The van der Waals surface area contributed by atoms with Crippen LogP contribution in [0.2, 0.25) is 0 Å². The fraction of sp³-hybridized carbons (Fsp3) is 0.571. The highest BCUT2D eigenvalue weighted by Crippen LogP contribution is 2.32. The lowest BCUT2D eigenvalue weighted by Gasteiger charge is -2.36. The number of hydrogen-bond donors (Lipinski definition) is 2. The number of rotatable bonds is 2. The third-order valence-corrected chi connectivity index (χ3v) is 4.23. The van der Waals surface area contributed by atoms with Gasteiger partial charge in [0.2, 0.25) is 0 Å². The van der Waals surface area contributed by atoms with E-state index in [0.717, 1.165) is 36.7 Å². The van der Waals surface area contributed by atoms with Crippen molar-refractivity contribution in [2.24, 2.45) is 10.7 Å². The quantitative estimate of drug-likeness (QED) is 0.806. The molecule has 1 aromatic heterocycles. The van der Waals surface area contributed by atoms with E-state index < -0.39 is 5.54 Å². The summed E-state index contributed by atoms with van der Waals surface area (Å²) >= 11 is 0. The second-order valence-electron chi connectivity index (χ2n) is 5.59. The van der Waals surface area contributed by atoms with E-state index in [1.165, 1.54) is 0 Å². The SMILES string of the molecule is CCc1cnc(C)nc1N1CCC2(CC1)N=C(N)NC2=O. The Bertz CT molecular complexity index is 603. The first-order valence-corrected chi connectivity index (χ1v) is 7.28. The predicted octanol–water partition coefficient (Wildman–Crippen LogP) is 0.131. The van der Waals surface area contributed by atoms with E-state index >= 15 is 0 Å². The number of nitrogens with zero attached hydrogens (tertiary/aromatic N) is 4. The summed E-state index contributed by atoms with van der Waals surface area (Å²) < 4.78 is 0. The highest BCUT2D eigenvalue weighted by Gasteiger charge is 2.45. The Hall–Kier alpha value is -2.18. The Labute approximate surface area is 123 Å². The number of carbonyl (C=O) groups is 1.